The van der Waals surface area contributed by atoms with Gasteiger partial charge in [0.25, 0.3) is 0 Å². The first-order chi connectivity index (χ1) is 21.0. The smallest absolute Gasteiger partial charge is 0.475 e. The maximum absolute atomic E-state index is 13.5. The van der Waals surface area contributed by atoms with Crippen LogP contribution in [0.25, 0.3) is 0 Å². The number of aromatic nitrogens is 2. The fourth-order valence-corrected chi connectivity index (χ4v) is 5.22. The van der Waals surface area contributed by atoms with Gasteiger partial charge >= 0.3 is 24.3 Å². The second-order valence-corrected chi connectivity index (χ2v) is 11.0. The highest BCUT2D eigenvalue weighted by molar-refractivity contribution is 5.84. The Hall–Kier alpha value is -4.02. The zero-order valence-corrected chi connectivity index (χ0v) is 23.8. The van der Waals surface area contributed by atoms with Crippen molar-refractivity contribution in [1.29, 1.82) is 0 Å². The summed E-state index contributed by atoms with van der Waals surface area (Å²) in [5.74, 6) is -3.95. The van der Waals surface area contributed by atoms with Crippen LogP contribution in [0.2, 0.25) is 0 Å². The number of benzene rings is 1. The molecule has 0 bridgehead atoms. The number of amides is 1. The molecule has 3 fully saturated rings. The summed E-state index contributed by atoms with van der Waals surface area (Å²) in [5.41, 5.74) is 0.694. The number of nitrogens with zero attached hydrogens (tertiary/aromatic N) is 4. The van der Waals surface area contributed by atoms with Gasteiger partial charge in [-0.2, -0.15) is 26.3 Å². The van der Waals surface area contributed by atoms with Crippen molar-refractivity contribution in [3.8, 4) is 0 Å². The van der Waals surface area contributed by atoms with E-state index in [0.717, 1.165) is 51.1 Å². The van der Waals surface area contributed by atoms with E-state index in [0.29, 0.717) is 18.4 Å². The van der Waals surface area contributed by atoms with Crippen LogP contribution in [0.5, 0.6) is 0 Å². The highest BCUT2D eigenvalue weighted by atomic mass is 19.4. The van der Waals surface area contributed by atoms with Crippen LogP contribution in [0.4, 0.5) is 36.7 Å². The number of rotatable bonds is 6. The number of anilines is 1. The number of halogens is 7. The summed E-state index contributed by atoms with van der Waals surface area (Å²) in [4.78, 5) is 44.8. The number of fused-ring (bicyclic) bond motifs is 1. The lowest BCUT2D eigenvalue weighted by Crippen LogP contribution is -2.48. The highest BCUT2D eigenvalue weighted by Crippen LogP contribution is 2.44. The van der Waals surface area contributed by atoms with E-state index in [9.17, 15) is 35.5 Å². The molecule has 1 aliphatic carbocycles. The summed E-state index contributed by atoms with van der Waals surface area (Å²) in [7, 11) is 0. The van der Waals surface area contributed by atoms with E-state index in [-0.39, 0.29) is 17.6 Å². The molecular formula is C28H32F7N5O5. The fourth-order valence-electron chi connectivity index (χ4n) is 5.22. The second kappa shape index (κ2) is 14.8. The van der Waals surface area contributed by atoms with Crippen molar-refractivity contribution in [3.63, 3.8) is 0 Å². The zero-order chi connectivity index (χ0) is 33.4. The Labute approximate surface area is 253 Å². The van der Waals surface area contributed by atoms with E-state index in [2.05, 4.69) is 25.1 Å². The van der Waals surface area contributed by atoms with Crippen LogP contribution >= 0.6 is 0 Å². The first-order valence-electron chi connectivity index (χ1n) is 13.9. The number of hydrogen-bond acceptors (Lipinski definition) is 7. The lowest BCUT2D eigenvalue weighted by Gasteiger charge is -2.32. The average Bonchev–Trinajstić information content (AvgIpc) is 3.76. The standard InChI is InChI=1S/C24H30FN5O.2C2HF3O2/c25-21-7-5-19(6-8-21)14-29-12-1-9-24(22(31)28-13-18-3-4-18)17-30(16-20(24)15-29)23-26-10-2-11-27-23;2*3-2(4,5)1(6)7/h2,5-8,10-11,18,20H,1,3-4,9,12-17H2,(H,28,31);2*(H,6,7)/t20-,24+;;/m0../s1. The molecule has 248 valence electrons. The third-order valence-electron chi connectivity index (χ3n) is 7.61. The monoisotopic (exact) mass is 651 g/mol. The van der Waals surface area contributed by atoms with Crippen LogP contribution in [-0.2, 0) is 20.9 Å². The van der Waals surface area contributed by atoms with Gasteiger partial charge in [0.1, 0.15) is 5.82 Å². The number of carboxylic acid groups (broad SMARTS) is 2. The highest BCUT2D eigenvalue weighted by Gasteiger charge is 2.53. The largest absolute Gasteiger partial charge is 0.490 e. The van der Waals surface area contributed by atoms with Crippen molar-refractivity contribution in [2.45, 2.75) is 44.6 Å². The summed E-state index contributed by atoms with van der Waals surface area (Å²) >= 11 is 0. The Morgan fingerprint density at radius 1 is 0.933 bits per heavy atom. The predicted molar refractivity (Wildman–Crippen MR) is 144 cm³/mol. The molecular weight excluding hydrogens is 619 g/mol. The van der Waals surface area contributed by atoms with Gasteiger partial charge in [-0.1, -0.05) is 12.1 Å². The number of hydrogen-bond donors (Lipinski definition) is 3. The van der Waals surface area contributed by atoms with Crippen molar-refractivity contribution in [3.05, 3.63) is 54.1 Å². The Morgan fingerprint density at radius 2 is 1.49 bits per heavy atom. The number of nitrogens with one attached hydrogen (secondary N) is 1. The van der Waals surface area contributed by atoms with E-state index in [1.807, 2.05) is 18.2 Å². The summed E-state index contributed by atoms with van der Waals surface area (Å²) in [5, 5.41) is 17.5. The van der Waals surface area contributed by atoms with E-state index >= 15 is 0 Å². The molecule has 3 N–H and O–H groups in total. The minimum Gasteiger partial charge on any atom is -0.475 e. The van der Waals surface area contributed by atoms with Crippen LogP contribution in [0.3, 0.4) is 0 Å². The summed E-state index contributed by atoms with van der Waals surface area (Å²) in [6.45, 7) is 4.82. The molecule has 17 heteroatoms. The van der Waals surface area contributed by atoms with E-state index in [1.165, 1.54) is 25.0 Å². The SMILES string of the molecule is O=C(NCC1CC1)[C@@]12CCCN(Cc3ccc(F)cc3)C[C@H]1CN(c1ncccn1)C2.O=C(O)C(F)(F)F.O=C(O)C(F)(F)F. The molecule has 2 aliphatic heterocycles. The average molecular weight is 652 g/mol. The molecule has 45 heavy (non-hydrogen) atoms. The van der Waals surface area contributed by atoms with Gasteiger partial charge in [0.2, 0.25) is 11.9 Å². The van der Waals surface area contributed by atoms with E-state index in [4.69, 9.17) is 19.8 Å². The number of aliphatic carboxylic acids is 2. The first kappa shape index (κ1) is 35.5. The number of likely N-dealkylation sites (tertiary alicyclic amines) is 1. The van der Waals surface area contributed by atoms with Gasteiger partial charge in [-0.3, -0.25) is 9.69 Å². The van der Waals surface area contributed by atoms with Gasteiger partial charge in [-0.15, -0.1) is 0 Å². The number of carbonyl (C=O) groups excluding carboxylic acids is 1. The molecule has 0 radical (unpaired) electrons. The number of carboxylic acids is 2. The van der Waals surface area contributed by atoms with Gasteiger partial charge in [-0.05, 0) is 61.9 Å². The van der Waals surface area contributed by atoms with Crippen LogP contribution < -0.4 is 10.2 Å². The lowest BCUT2D eigenvalue weighted by molar-refractivity contribution is -0.193. The molecule has 10 nitrogen and oxygen atoms in total. The molecule has 3 heterocycles. The van der Waals surface area contributed by atoms with Crippen LogP contribution in [0.1, 0.15) is 31.2 Å². The van der Waals surface area contributed by atoms with Gasteiger partial charge in [-0.25, -0.2) is 23.9 Å². The molecule has 3 aliphatic rings. The zero-order valence-electron chi connectivity index (χ0n) is 23.8. The molecule has 1 aromatic carbocycles. The second-order valence-electron chi connectivity index (χ2n) is 11.0. The minimum atomic E-state index is -5.08. The van der Waals surface area contributed by atoms with Gasteiger partial charge < -0.3 is 20.4 Å². The maximum Gasteiger partial charge on any atom is 0.490 e. The topological polar surface area (TPSA) is 136 Å². The fraction of sp³-hybridized carbons (Fsp3) is 0.536. The lowest BCUT2D eigenvalue weighted by atomic mass is 9.74. The molecule has 0 unspecified atom stereocenters. The molecule has 2 atom stereocenters. The van der Waals surface area contributed by atoms with Gasteiger partial charge in [0.05, 0.1) is 5.41 Å². The van der Waals surface area contributed by atoms with Crippen molar-refractivity contribution >= 4 is 23.8 Å². The van der Waals surface area contributed by atoms with Crippen LogP contribution in [0.15, 0.2) is 42.7 Å². The van der Waals surface area contributed by atoms with Crippen molar-refractivity contribution in [2.24, 2.45) is 17.3 Å². The molecule has 1 aromatic heterocycles. The molecule has 5 rings (SSSR count). The third-order valence-corrected chi connectivity index (χ3v) is 7.61. The van der Waals surface area contributed by atoms with Crippen molar-refractivity contribution in [2.75, 3.05) is 37.6 Å². The minimum absolute atomic E-state index is 0.200. The molecule has 1 saturated carbocycles. The Kier molecular flexibility index (Phi) is 11.7. The molecule has 1 amide bonds. The molecule has 2 saturated heterocycles. The van der Waals surface area contributed by atoms with Crippen molar-refractivity contribution < 1.29 is 55.3 Å². The van der Waals surface area contributed by atoms with E-state index < -0.39 is 29.7 Å². The Balaban J connectivity index is 0.000000331. The normalized spacial score (nSPS) is 21.7. The quantitative estimate of drug-likeness (QED) is 0.394. The Bertz CT molecular complexity index is 1270. The predicted octanol–water partition coefficient (Wildman–Crippen LogP) is 4.13. The number of carbonyl (C=O) groups is 3. The number of alkyl halides is 6. The summed E-state index contributed by atoms with van der Waals surface area (Å²) in [6, 6.07) is 8.57. The molecule has 2 aromatic rings. The first-order valence-corrected chi connectivity index (χ1v) is 13.9. The Morgan fingerprint density at radius 3 is 2.00 bits per heavy atom. The van der Waals surface area contributed by atoms with Crippen molar-refractivity contribution in [1.82, 2.24) is 20.2 Å². The maximum atomic E-state index is 13.5. The molecule has 0 spiro atoms. The third kappa shape index (κ3) is 10.5. The summed E-state index contributed by atoms with van der Waals surface area (Å²) < 4.78 is 76.8. The van der Waals surface area contributed by atoms with Crippen LogP contribution in [-0.4, -0.2) is 88.0 Å². The summed E-state index contributed by atoms with van der Waals surface area (Å²) in [6.07, 6.45) is -2.35. The van der Waals surface area contributed by atoms with Gasteiger partial charge in [0, 0.05) is 51.0 Å². The van der Waals surface area contributed by atoms with Gasteiger partial charge in [0.15, 0.2) is 0 Å². The van der Waals surface area contributed by atoms with Crippen LogP contribution in [0, 0.1) is 23.1 Å². The van der Waals surface area contributed by atoms with E-state index in [1.54, 1.807) is 12.4 Å².